The van der Waals surface area contributed by atoms with E-state index in [1.165, 1.54) is 84.7 Å². The van der Waals surface area contributed by atoms with E-state index in [4.69, 9.17) is 0 Å². The Morgan fingerprint density at radius 3 is 0.919 bits per heavy atom. The van der Waals surface area contributed by atoms with Gasteiger partial charge in [-0.2, -0.15) is 0 Å². The van der Waals surface area contributed by atoms with Crippen molar-refractivity contribution >= 4 is 0 Å². The summed E-state index contributed by atoms with van der Waals surface area (Å²) in [6.07, 6.45) is 18.3. The molecule has 0 atom stereocenters. The van der Waals surface area contributed by atoms with Crippen molar-refractivity contribution in [2.24, 2.45) is 0 Å². The molecule has 0 unspecified atom stereocenters. The van der Waals surface area contributed by atoms with Crippen LogP contribution in [-0.2, 0) is 31.1 Å². The Kier molecular flexibility index (Phi) is 13.6. The van der Waals surface area contributed by atoms with Gasteiger partial charge in [0.15, 0.2) is 0 Å². The first kappa shape index (κ1) is 31.3. The van der Waals surface area contributed by atoms with Crippen molar-refractivity contribution in [3.8, 4) is 11.5 Å². The Bertz CT molecular complexity index is 803. The summed E-state index contributed by atoms with van der Waals surface area (Å²) in [5.74, 6) is 0.823. The van der Waals surface area contributed by atoms with Crippen LogP contribution < -0.4 is 0 Å². The number of unbranched alkanes of at least 4 members (excludes halogenated alkanes) is 8. The van der Waals surface area contributed by atoms with Crippen molar-refractivity contribution in [3.63, 3.8) is 0 Å². The highest BCUT2D eigenvalue weighted by atomic mass is 16.3. The minimum absolute atomic E-state index is 0.201. The second-order valence-electron chi connectivity index (χ2n) is 11.7. The summed E-state index contributed by atoms with van der Waals surface area (Å²) in [5, 5.41) is 21.5. The zero-order valence-electron chi connectivity index (χ0n) is 25.0. The molecular weight excluding hydrogens is 452 g/mol. The van der Waals surface area contributed by atoms with E-state index < -0.39 is 0 Å². The van der Waals surface area contributed by atoms with Gasteiger partial charge in [-0.15, -0.1) is 0 Å². The molecule has 2 rings (SSSR count). The van der Waals surface area contributed by atoms with Gasteiger partial charge in [-0.1, -0.05) is 92.9 Å². The molecule has 0 aromatic heterocycles. The molecule has 0 aliphatic rings. The molecule has 37 heavy (non-hydrogen) atoms. The topological polar surface area (TPSA) is 40.5 Å². The lowest BCUT2D eigenvalue weighted by Gasteiger charge is -2.35. The summed E-state index contributed by atoms with van der Waals surface area (Å²) in [6, 6.07) is 8.18. The predicted molar refractivity (Wildman–Crippen MR) is 161 cm³/mol. The molecule has 2 nitrogen and oxygen atoms in total. The standard InChI is InChI=1S/C35H56O2/c1-7-11-15-19-27-23-31(36)24-28(20-16-12-8-2)33(27)35(5,6)34-29(21-17-13-9-3)25-32(37)26-30(34)22-18-14-10-4/h23-26,36-37H,7-22H2,1-6H3. The molecule has 2 aromatic carbocycles. The molecule has 0 aliphatic carbocycles. The van der Waals surface area contributed by atoms with Crippen LogP contribution in [0.15, 0.2) is 24.3 Å². The molecule has 2 N–H and O–H groups in total. The summed E-state index contributed by atoms with van der Waals surface area (Å²) >= 11 is 0. The van der Waals surface area contributed by atoms with Crippen molar-refractivity contribution in [3.05, 3.63) is 57.6 Å². The van der Waals surface area contributed by atoms with Gasteiger partial charge in [0.1, 0.15) is 11.5 Å². The lowest BCUT2D eigenvalue weighted by molar-refractivity contribution is 0.469. The zero-order valence-corrected chi connectivity index (χ0v) is 25.0. The molecule has 0 saturated carbocycles. The summed E-state index contributed by atoms with van der Waals surface area (Å²) in [6.45, 7) is 13.8. The number of phenolic OH excluding ortho intramolecular Hbond substituents is 2. The van der Waals surface area contributed by atoms with E-state index in [0.29, 0.717) is 11.5 Å². The molecule has 0 spiro atoms. The Hall–Kier alpha value is -1.96. The second-order valence-corrected chi connectivity index (χ2v) is 11.7. The maximum absolute atomic E-state index is 10.8. The molecule has 0 bridgehead atoms. The van der Waals surface area contributed by atoms with Crippen molar-refractivity contribution in [1.29, 1.82) is 0 Å². The molecular formula is C35H56O2. The third-order valence-electron chi connectivity index (χ3n) is 8.02. The van der Waals surface area contributed by atoms with Crippen LogP contribution in [0, 0.1) is 0 Å². The third-order valence-corrected chi connectivity index (χ3v) is 8.02. The fourth-order valence-electron chi connectivity index (χ4n) is 6.28. The maximum atomic E-state index is 10.8. The summed E-state index contributed by atoms with van der Waals surface area (Å²) in [4.78, 5) is 0. The lowest BCUT2D eigenvalue weighted by atomic mass is 9.68. The average molecular weight is 509 g/mol. The van der Waals surface area contributed by atoms with Crippen LogP contribution in [-0.4, -0.2) is 10.2 Å². The Balaban J connectivity index is 2.73. The van der Waals surface area contributed by atoms with Gasteiger partial charge in [0.2, 0.25) is 0 Å². The number of benzene rings is 2. The van der Waals surface area contributed by atoms with Gasteiger partial charge in [0, 0.05) is 5.41 Å². The first-order valence-corrected chi connectivity index (χ1v) is 15.5. The van der Waals surface area contributed by atoms with Crippen LogP contribution in [0.3, 0.4) is 0 Å². The van der Waals surface area contributed by atoms with Crippen LogP contribution in [0.5, 0.6) is 11.5 Å². The summed E-state index contributed by atoms with van der Waals surface area (Å²) in [7, 11) is 0. The number of aryl methyl sites for hydroxylation is 4. The van der Waals surface area contributed by atoms with E-state index in [1.54, 1.807) is 0 Å². The average Bonchev–Trinajstić information content (AvgIpc) is 2.84. The van der Waals surface area contributed by atoms with Crippen molar-refractivity contribution in [2.75, 3.05) is 0 Å². The number of aromatic hydroxyl groups is 2. The normalized spacial score (nSPS) is 11.8. The molecule has 0 amide bonds. The maximum Gasteiger partial charge on any atom is 0.116 e. The van der Waals surface area contributed by atoms with Crippen LogP contribution in [0.25, 0.3) is 0 Å². The Morgan fingerprint density at radius 1 is 0.459 bits per heavy atom. The SMILES string of the molecule is CCCCCc1cc(O)cc(CCCCC)c1C(C)(C)c1c(CCCCC)cc(O)cc1CCCCC. The van der Waals surface area contributed by atoms with Crippen LogP contribution in [0.4, 0.5) is 0 Å². The molecule has 0 heterocycles. The quantitative estimate of drug-likeness (QED) is 0.197. The highest BCUT2D eigenvalue weighted by molar-refractivity contribution is 5.56. The van der Waals surface area contributed by atoms with E-state index in [1.807, 2.05) is 24.3 Å². The minimum Gasteiger partial charge on any atom is -0.508 e. The van der Waals surface area contributed by atoms with Gasteiger partial charge in [0.25, 0.3) is 0 Å². The molecule has 0 saturated heterocycles. The van der Waals surface area contributed by atoms with Gasteiger partial charge in [-0.3, -0.25) is 0 Å². The van der Waals surface area contributed by atoms with E-state index in [2.05, 4.69) is 41.5 Å². The molecule has 2 aromatic rings. The predicted octanol–water partition coefficient (Wildman–Crippen LogP) is 10.4. The third kappa shape index (κ3) is 9.08. The van der Waals surface area contributed by atoms with Gasteiger partial charge in [0.05, 0.1) is 0 Å². The highest BCUT2D eigenvalue weighted by Gasteiger charge is 2.33. The van der Waals surface area contributed by atoms with Crippen LogP contribution >= 0.6 is 0 Å². The fraction of sp³-hybridized carbons (Fsp3) is 0.657. The molecule has 0 fully saturated rings. The minimum atomic E-state index is -0.201. The number of hydrogen-bond acceptors (Lipinski definition) is 2. The monoisotopic (exact) mass is 508 g/mol. The van der Waals surface area contributed by atoms with Crippen molar-refractivity contribution in [2.45, 2.75) is 150 Å². The number of rotatable bonds is 18. The van der Waals surface area contributed by atoms with E-state index in [9.17, 15) is 10.2 Å². The first-order chi connectivity index (χ1) is 17.8. The first-order valence-electron chi connectivity index (χ1n) is 15.5. The molecule has 0 radical (unpaired) electrons. The Morgan fingerprint density at radius 2 is 0.703 bits per heavy atom. The van der Waals surface area contributed by atoms with Gasteiger partial charge in [-0.05, 0) is 109 Å². The molecule has 208 valence electrons. The lowest BCUT2D eigenvalue weighted by Crippen LogP contribution is -2.27. The van der Waals surface area contributed by atoms with E-state index in [-0.39, 0.29) is 5.41 Å². The van der Waals surface area contributed by atoms with E-state index >= 15 is 0 Å². The van der Waals surface area contributed by atoms with Gasteiger partial charge >= 0.3 is 0 Å². The van der Waals surface area contributed by atoms with Crippen molar-refractivity contribution < 1.29 is 10.2 Å². The van der Waals surface area contributed by atoms with Gasteiger partial charge in [-0.25, -0.2) is 0 Å². The van der Waals surface area contributed by atoms with E-state index in [0.717, 1.165) is 51.4 Å². The Labute approximate surface area is 228 Å². The van der Waals surface area contributed by atoms with Crippen LogP contribution in [0.1, 0.15) is 152 Å². The number of hydrogen-bond donors (Lipinski definition) is 2. The summed E-state index contributed by atoms with van der Waals surface area (Å²) < 4.78 is 0. The highest BCUT2D eigenvalue weighted by Crippen LogP contribution is 2.44. The smallest absolute Gasteiger partial charge is 0.116 e. The summed E-state index contributed by atoms with van der Waals surface area (Å²) in [5.41, 5.74) is 7.92. The van der Waals surface area contributed by atoms with Gasteiger partial charge < -0.3 is 10.2 Å². The second kappa shape index (κ2) is 16.1. The fourth-order valence-corrected chi connectivity index (χ4v) is 6.28. The van der Waals surface area contributed by atoms with Crippen molar-refractivity contribution in [1.82, 2.24) is 0 Å². The molecule has 0 aliphatic heterocycles. The van der Waals surface area contributed by atoms with Crippen LogP contribution in [0.2, 0.25) is 0 Å². The molecule has 2 heteroatoms. The zero-order chi connectivity index (χ0) is 27.3. The largest absolute Gasteiger partial charge is 0.508 e. The number of phenols is 2.